The van der Waals surface area contributed by atoms with Gasteiger partial charge in [0, 0.05) is 37.3 Å². The summed E-state index contributed by atoms with van der Waals surface area (Å²) in [5.41, 5.74) is 1.83. The maximum atomic E-state index is 12.2. The van der Waals surface area contributed by atoms with E-state index in [1.807, 2.05) is 30.3 Å². The molecule has 0 unspecified atom stereocenters. The van der Waals surface area contributed by atoms with Gasteiger partial charge in [0.2, 0.25) is 5.76 Å². The minimum absolute atomic E-state index is 0.214. The number of benzene rings is 2. The van der Waals surface area contributed by atoms with Gasteiger partial charge in [-0.2, -0.15) is 0 Å². The number of hydrogen-bond donors (Lipinski definition) is 1. The Bertz CT molecular complexity index is 851. The lowest BCUT2D eigenvalue weighted by Gasteiger charge is -2.29. The van der Waals surface area contributed by atoms with Gasteiger partial charge in [-0.1, -0.05) is 18.2 Å². The van der Waals surface area contributed by atoms with Gasteiger partial charge >= 0.3 is 5.97 Å². The molecule has 1 aromatic heterocycles. The zero-order chi connectivity index (χ0) is 16.4. The molecule has 0 aliphatic carbocycles. The Hall–Kier alpha value is -2.79. The van der Waals surface area contributed by atoms with Crippen LogP contribution in [-0.4, -0.2) is 32.1 Å². The fraction of sp³-hybridized carbons (Fsp3) is 0.211. The van der Waals surface area contributed by atoms with Crippen molar-refractivity contribution in [3.8, 4) is 5.75 Å². The Balaban J connectivity index is 1.57. The molecule has 4 rings (SSSR count). The molecule has 0 amide bonds. The SMILES string of the molecule is O=C(Oc1ccccc1)c1cc2cc(N3CCNCC3)ccc2o1. The predicted octanol–water partition coefficient (Wildman–Crippen LogP) is 3.06. The standard InChI is InChI=1S/C19H18N2O3/c22-19(23-16-4-2-1-3-5-16)18-13-14-12-15(6-7-17(14)24-18)21-10-8-20-9-11-21/h1-7,12-13,20H,8-11H2. The summed E-state index contributed by atoms with van der Waals surface area (Å²) < 4.78 is 11.0. The van der Waals surface area contributed by atoms with Crippen molar-refractivity contribution in [2.45, 2.75) is 0 Å². The van der Waals surface area contributed by atoms with Gasteiger partial charge in [0.25, 0.3) is 0 Å². The number of anilines is 1. The van der Waals surface area contributed by atoms with Crippen molar-refractivity contribution in [1.82, 2.24) is 5.32 Å². The molecule has 2 heterocycles. The first-order valence-electron chi connectivity index (χ1n) is 8.06. The lowest BCUT2D eigenvalue weighted by atomic mass is 10.2. The summed E-state index contributed by atoms with van der Waals surface area (Å²) in [7, 11) is 0. The molecule has 122 valence electrons. The third-order valence-electron chi connectivity index (χ3n) is 4.14. The number of esters is 1. The Morgan fingerprint density at radius 1 is 1.04 bits per heavy atom. The van der Waals surface area contributed by atoms with Crippen molar-refractivity contribution >= 4 is 22.6 Å². The molecule has 2 aromatic carbocycles. The number of nitrogens with zero attached hydrogens (tertiary/aromatic N) is 1. The van der Waals surface area contributed by atoms with E-state index in [4.69, 9.17) is 9.15 Å². The highest BCUT2D eigenvalue weighted by Gasteiger charge is 2.16. The van der Waals surface area contributed by atoms with Crippen LogP contribution in [0.5, 0.6) is 5.75 Å². The average molecular weight is 322 g/mol. The van der Waals surface area contributed by atoms with Crippen LogP contribution in [-0.2, 0) is 0 Å². The Labute approximate surface area is 139 Å². The van der Waals surface area contributed by atoms with E-state index in [1.165, 1.54) is 0 Å². The van der Waals surface area contributed by atoms with Gasteiger partial charge in [-0.15, -0.1) is 0 Å². The minimum Gasteiger partial charge on any atom is -0.449 e. The number of para-hydroxylation sites is 1. The summed E-state index contributed by atoms with van der Waals surface area (Å²) in [6.45, 7) is 3.93. The van der Waals surface area contributed by atoms with Gasteiger partial charge < -0.3 is 19.4 Å². The zero-order valence-corrected chi connectivity index (χ0v) is 13.2. The number of nitrogens with one attached hydrogen (secondary N) is 1. The molecule has 0 saturated carbocycles. The third-order valence-corrected chi connectivity index (χ3v) is 4.14. The number of piperazine rings is 1. The molecule has 5 nitrogen and oxygen atoms in total. The molecule has 0 atom stereocenters. The molecule has 0 radical (unpaired) electrons. The van der Waals surface area contributed by atoms with E-state index in [1.54, 1.807) is 18.2 Å². The number of hydrogen-bond acceptors (Lipinski definition) is 5. The van der Waals surface area contributed by atoms with Crippen molar-refractivity contribution in [1.29, 1.82) is 0 Å². The molecular formula is C19H18N2O3. The Morgan fingerprint density at radius 3 is 2.62 bits per heavy atom. The first-order valence-corrected chi connectivity index (χ1v) is 8.06. The van der Waals surface area contributed by atoms with Crippen LogP contribution in [0.2, 0.25) is 0 Å². The summed E-state index contributed by atoms with van der Waals surface area (Å²) in [6, 6.07) is 16.7. The Kier molecular flexibility index (Phi) is 3.92. The molecule has 1 N–H and O–H groups in total. The number of carbonyl (C=O) groups excluding carboxylic acids is 1. The maximum absolute atomic E-state index is 12.2. The molecule has 1 saturated heterocycles. The van der Waals surface area contributed by atoms with Crippen LogP contribution in [0.3, 0.4) is 0 Å². The molecule has 5 heteroatoms. The van der Waals surface area contributed by atoms with Crippen LogP contribution in [0.4, 0.5) is 5.69 Å². The fourth-order valence-corrected chi connectivity index (χ4v) is 2.90. The molecule has 1 fully saturated rings. The average Bonchev–Trinajstić information content (AvgIpc) is 3.07. The molecule has 3 aromatic rings. The van der Waals surface area contributed by atoms with Gasteiger partial charge in [-0.05, 0) is 36.4 Å². The van der Waals surface area contributed by atoms with Crippen LogP contribution in [0.1, 0.15) is 10.6 Å². The van der Waals surface area contributed by atoms with E-state index in [0.29, 0.717) is 11.3 Å². The molecule has 0 bridgehead atoms. The van der Waals surface area contributed by atoms with Crippen molar-refractivity contribution in [2.24, 2.45) is 0 Å². The lowest BCUT2D eigenvalue weighted by Crippen LogP contribution is -2.43. The highest BCUT2D eigenvalue weighted by molar-refractivity contribution is 5.94. The normalized spacial score (nSPS) is 14.8. The first-order chi connectivity index (χ1) is 11.8. The zero-order valence-electron chi connectivity index (χ0n) is 13.2. The molecule has 0 spiro atoms. The largest absolute Gasteiger partial charge is 0.449 e. The maximum Gasteiger partial charge on any atom is 0.379 e. The third kappa shape index (κ3) is 2.98. The van der Waals surface area contributed by atoms with E-state index < -0.39 is 5.97 Å². The summed E-state index contributed by atoms with van der Waals surface area (Å²) in [4.78, 5) is 14.6. The second-order valence-electron chi connectivity index (χ2n) is 5.77. The number of fused-ring (bicyclic) bond motifs is 1. The molecule has 1 aliphatic heterocycles. The smallest absolute Gasteiger partial charge is 0.379 e. The fourth-order valence-electron chi connectivity index (χ4n) is 2.90. The topological polar surface area (TPSA) is 54.7 Å². The van der Waals surface area contributed by atoms with E-state index in [9.17, 15) is 4.79 Å². The highest BCUT2D eigenvalue weighted by Crippen LogP contribution is 2.26. The van der Waals surface area contributed by atoms with E-state index in [2.05, 4.69) is 16.3 Å². The summed E-state index contributed by atoms with van der Waals surface area (Å²) in [5, 5.41) is 4.25. The van der Waals surface area contributed by atoms with E-state index in [0.717, 1.165) is 37.3 Å². The van der Waals surface area contributed by atoms with Gasteiger partial charge in [0.1, 0.15) is 11.3 Å². The lowest BCUT2D eigenvalue weighted by molar-refractivity contribution is 0.0704. The Morgan fingerprint density at radius 2 is 1.83 bits per heavy atom. The minimum atomic E-state index is -0.485. The van der Waals surface area contributed by atoms with Gasteiger partial charge in [-0.25, -0.2) is 4.79 Å². The van der Waals surface area contributed by atoms with Crippen LogP contribution in [0.15, 0.2) is 59.0 Å². The van der Waals surface area contributed by atoms with Crippen molar-refractivity contribution in [3.05, 3.63) is 60.4 Å². The van der Waals surface area contributed by atoms with Crippen LogP contribution in [0.25, 0.3) is 11.0 Å². The van der Waals surface area contributed by atoms with Gasteiger partial charge in [-0.3, -0.25) is 0 Å². The summed E-state index contributed by atoms with van der Waals surface area (Å²) in [6.07, 6.45) is 0. The number of ether oxygens (including phenoxy) is 1. The molecule has 24 heavy (non-hydrogen) atoms. The second kappa shape index (κ2) is 6.37. The van der Waals surface area contributed by atoms with Crippen molar-refractivity contribution in [3.63, 3.8) is 0 Å². The van der Waals surface area contributed by atoms with Gasteiger partial charge in [0.15, 0.2) is 0 Å². The van der Waals surface area contributed by atoms with Crippen molar-refractivity contribution < 1.29 is 13.9 Å². The summed E-state index contributed by atoms with van der Waals surface area (Å²) in [5.74, 6) is 0.233. The van der Waals surface area contributed by atoms with E-state index in [-0.39, 0.29) is 5.76 Å². The quantitative estimate of drug-likeness (QED) is 0.593. The number of rotatable bonds is 3. The summed E-state index contributed by atoms with van der Waals surface area (Å²) >= 11 is 0. The highest BCUT2D eigenvalue weighted by atomic mass is 16.5. The first kappa shape index (κ1) is 14.8. The van der Waals surface area contributed by atoms with Crippen molar-refractivity contribution in [2.75, 3.05) is 31.1 Å². The van der Waals surface area contributed by atoms with E-state index >= 15 is 0 Å². The monoisotopic (exact) mass is 322 g/mol. The van der Waals surface area contributed by atoms with Crippen LogP contribution >= 0.6 is 0 Å². The van der Waals surface area contributed by atoms with Crippen LogP contribution < -0.4 is 15.0 Å². The molecular weight excluding hydrogens is 304 g/mol. The second-order valence-corrected chi connectivity index (χ2v) is 5.77. The predicted molar refractivity (Wildman–Crippen MR) is 92.7 cm³/mol. The van der Waals surface area contributed by atoms with Gasteiger partial charge in [0.05, 0.1) is 0 Å². The van der Waals surface area contributed by atoms with Crippen LogP contribution in [0, 0.1) is 0 Å². The number of furan rings is 1. The number of carbonyl (C=O) groups is 1. The molecule has 1 aliphatic rings.